The van der Waals surface area contributed by atoms with Crippen molar-refractivity contribution in [3.63, 3.8) is 0 Å². The average molecular weight is 216 g/mol. The summed E-state index contributed by atoms with van der Waals surface area (Å²) in [4.78, 5) is 10.5. The second-order valence-corrected chi connectivity index (χ2v) is 3.69. The molecule has 0 saturated carbocycles. The first-order chi connectivity index (χ1) is 7.65. The fourth-order valence-corrected chi connectivity index (χ4v) is 1.56. The SMILES string of the molecule is Cc1cccc(-c2cnn(CC(=O)O)c2)c1. The van der Waals surface area contributed by atoms with Gasteiger partial charge in [-0.05, 0) is 12.5 Å². The van der Waals surface area contributed by atoms with Crippen molar-refractivity contribution >= 4 is 5.97 Å². The van der Waals surface area contributed by atoms with E-state index in [1.54, 1.807) is 12.4 Å². The van der Waals surface area contributed by atoms with Crippen molar-refractivity contribution in [3.05, 3.63) is 42.2 Å². The number of carbonyl (C=O) groups is 1. The largest absolute Gasteiger partial charge is 0.480 e. The van der Waals surface area contributed by atoms with E-state index in [0.717, 1.165) is 11.1 Å². The Bertz CT molecular complexity index is 517. The van der Waals surface area contributed by atoms with Crippen molar-refractivity contribution in [2.24, 2.45) is 0 Å². The summed E-state index contributed by atoms with van der Waals surface area (Å²) in [5, 5.41) is 12.6. The lowest BCUT2D eigenvalue weighted by Crippen LogP contribution is -2.08. The lowest BCUT2D eigenvalue weighted by molar-refractivity contribution is -0.137. The number of nitrogens with zero attached hydrogens (tertiary/aromatic N) is 2. The predicted octanol–water partition coefficient (Wildman–Crippen LogP) is 1.94. The average Bonchev–Trinajstić information content (AvgIpc) is 2.65. The monoisotopic (exact) mass is 216 g/mol. The molecule has 1 heterocycles. The lowest BCUT2D eigenvalue weighted by atomic mass is 10.1. The van der Waals surface area contributed by atoms with Gasteiger partial charge in [-0.1, -0.05) is 29.8 Å². The molecule has 0 fully saturated rings. The van der Waals surface area contributed by atoms with E-state index in [1.165, 1.54) is 10.2 Å². The van der Waals surface area contributed by atoms with Gasteiger partial charge in [0.05, 0.1) is 6.20 Å². The van der Waals surface area contributed by atoms with Gasteiger partial charge in [-0.2, -0.15) is 5.10 Å². The zero-order chi connectivity index (χ0) is 11.5. The van der Waals surface area contributed by atoms with E-state index < -0.39 is 5.97 Å². The van der Waals surface area contributed by atoms with Gasteiger partial charge in [0.25, 0.3) is 0 Å². The fourth-order valence-electron chi connectivity index (χ4n) is 1.56. The molecule has 16 heavy (non-hydrogen) atoms. The van der Waals surface area contributed by atoms with Gasteiger partial charge in [0.2, 0.25) is 0 Å². The molecule has 2 rings (SSSR count). The van der Waals surface area contributed by atoms with Crippen LogP contribution in [0.5, 0.6) is 0 Å². The third kappa shape index (κ3) is 2.28. The number of benzene rings is 1. The van der Waals surface area contributed by atoms with Crippen molar-refractivity contribution in [3.8, 4) is 11.1 Å². The van der Waals surface area contributed by atoms with E-state index >= 15 is 0 Å². The maximum Gasteiger partial charge on any atom is 0.325 e. The van der Waals surface area contributed by atoms with Crippen LogP contribution in [0.1, 0.15) is 5.56 Å². The minimum Gasteiger partial charge on any atom is -0.480 e. The summed E-state index contributed by atoms with van der Waals surface area (Å²) >= 11 is 0. The molecule has 4 nitrogen and oxygen atoms in total. The number of aryl methyl sites for hydroxylation is 1. The molecule has 0 unspecified atom stereocenters. The summed E-state index contributed by atoms with van der Waals surface area (Å²) in [5.74, 6) is -0.890. The van der Waals surface area contributed by atoms with Gasteiger partial charge in [-0.25, -0.2) is 0 Å². The van der Waals surface area contributed by atoms with Crippen LogP contribution in [0, 0.1) is 6.92 Å². The second-order valence-electron chi connectivity index (χ2n) is 3.69. The summed E-state index contributed by atoms with van der Waals surface area (Å²) in [6.07, 6.45) is 3.42. The fraction of sp³-hybridized carbons (Fsp3) is 0.167. The van der Waals surface area contributed by atoms with Gasteiger partial charge < -0.3 is 5.11 Å². The van der Waals surface area contributed by atoms with E-state index in [0.29, 0.717) is 0 Å². The molecule has 0 amide bonds. The molecule has 0 spiro atoms. The maximum absolute atomic E-state index is 10.5. The lowest BCUT2D eigenvalue weighted by Gasteiger charge is -1.98. The van der Waals surface area contributed by atoms with Crippen LogP contribution in [-0.4, -0.2) is 20.9 Å². The topological polar surface area (TPSA) is 55.1 Å². The van der Waals surface area contributed by atoms with E-state index in [9.17, 15) is 4.79 Å². The number of carboxylic acids is 1. The number of rotatable bonds is 3. The maximum atomic E-state index is 10.5. The third-order valence-corrected chi connectivity index (χ3v) is 2.28. The minimum absolute atomic E-state index is 0.105. The Labute approximate surface area is 93.1 Å². The van der Waals surface area contributed by atoms with Crippen molar-refractivity contribution in [2.75, 3.05) is 0 Å². The molecule has 0 radical (unpaired) electrons. The van der Waals surface area contributed by atoms with E-state index in [4.69, 9.17) is 5.11 Å². The standard InChI is InChI=1S/C12H12N2O2/c1-9-3-2-4-10(5-9)11-6-13-14(7-11)8-12(15)16/h2-7H,8H2,1H3,(H,15,16). The van der Waals surface area contributed by atoms with Crippen molar-refractivity contribution in [1.82, 2.24) is 9.78 Å². The molecule has 82 valence electrons. The molecule has 0 aliphatic carbocycles. The first-order valence-corrected chi connectivity index (χ1v) is 4.96. The second kappa shape index (κ2) is 4.18. The van der Waals surface area contributed by atoms with Crippen molar-refractivity contribution in [1.29, 1.82) is 0 Å². The minimum atomic E-state index is -0.890. The Morgan fingerprint density at radius 1 is 1.44 bits per heavy atom. The predicted molar refractivity (Wildman–Crippen MR) is 60.0 cm³/mol. The summed E-state index contributed by atoms with van der Waals surface area (Å²) in [6.45, 7) is 1.91. The van der Waals surface area contributed by atoms with Gasteiger partial charge in [0, 0.05) is 11.8 Å². The van der Waals surface area contributed by atoms with Crippen LogP contribution in [0.15, 0.2) is 36.7 Å². The van der Waals surface area contributed by atoms with Crippen LogP contribution < -0.4 is 0 Å². The first kappa shape index (κ1) is 10.4. The van der Waals surface area contributed by atoms with Gasteiger partial charge in [-0.3, -0.25) is 9.48 Å². The molecular weight excluding hydrogens is 204 g/mol. The normalized spacial score (nSPS) is 10.3. The summed E-state index contributed by atoms with van der Waals surface area (Å²) in [5.41, 5.74) is 3.16. The number of carboxylic acid groups (broad SMARTS) is 1. The van der Waals surface area contributed by atoms with Gasteiger partial charge in [0.1, 0.15) is 6.54 Å². The Kier molecular flexibility index (Phi) is 2.72. The summed E-state index contributed by atoms with van der Waals surface area (Å²) in [7, 11) is 0. The Morgan fingerprint density at radius 2 is 2.25 bits per heavy atom. The quantitative estimate of drug-likeness (QED) is 0.853. The molecule has 4 heteroatoms. The highest BCUT2D eigenvalue weighted by molar-refractivity contribution is 5.67. The van der Waals surface area contributed by atoms with Crippen LogP contribution in [-0.2, 0) is 11.3 Å². The summed E-state index contributed by atoms with van der Waals surface area (Å²) in [6, 6.07) is 8.02. The number of aliphatic carboxylic acids is 1. The first-order valence-electron chi connectivity index (χ1n) is 4.96. The molecular formula is C12H12N2O2. The van der Waals surface area contributed by atoms with Gasteiger partial charge in [0.15, 0.2) is 0 Å². The van der Waals surface area contributed by atoms with E-state index in [2.05, 4.69) is 5.10 Å². The molecule has 0 aliphatic rings. The molecule has 1 N–H and O–H groups in total. The molecule has 1 aromatic carbocycles. The molecule has 0 atom stereocenters. The Balaban J connectivity index is 2.28. The smallest absolute Gasteiger partial charge is 0.325 e. The van der Waals surface area contributed by atoms with Crippen LogP contribution >= 0.6 is 0 Å². The van der Waals surface area contributed by atoms with Crippen LogP contribution in [0.3, 0.4) is 0 Å². The van der Waals surface area contributed by atoms with Crippen molar-refractivity contribution < 1.29 is 9.90 Å². The highest BCUT2D eigenvalue weighted by atomic mass is 16.4. The molecule has 0 aliphatic heterocycles. The summed E-state index contributed by atoms with van der Waals surface area (Å²) < 4.78 is 1.42. The zero-order valence-corrected chi connectivity index (χ0v) is 8.92. The van der Waals surface area contributed by atoms with Crippen LogP contribution in [0.4, 0.5) is 0 Å². The third-order valence-electron chi connectivity index (χ3n) is 2.28. The van der Waals surface area contributed by atoms with Gasteiger partial charge >= 0.3 is 5.97 Å². The number of hydrogen-bond donors (Lipinski definition) is 1. The molecule has 1 aromatic heterocycles. The van der Waals surface area contributed by atoms with Crippen molar-refractivity contribution in [2.45, 2.75) is 13.5 Å². The molecule has 2 aromatic rings. The number of hydrogen-bond acceptors (Lipinski definition) is 2. The Hall–Kier alpha value is -2.10. The highest BCUT2D eigenvalue weighted by Crippen LogP contribution is 2.19. The van der Waals surface area contributed by atoms with E-state index in [1.807, 2.05) is 31.2 Å². The highest BCUT2D eigenvalue weighted by Gasteiger charge is 2.04. The van der Waals surface area contributed by atoms with Crippen LogP contribution in [0.2, 0.25) is 0 Å². The Morgan fingerprint density at radius 3 is 2.94 bits per heavy atom. The molecule has 0 saturated heterocycles. The van der Waals surface area contributed by atoms with E-state index in [-0.39, 0.29) is 6.54 Å². The van der Waals surface area contributed by atoms with Gasteiger partial charge in [-0.15, -0.1) is 0 Å². The molecule has 0 bridgehead atoms. The zero-order valence-electron chi connectivity index (χ0n) is 8.92. The van der Waals surface area contributed by atoms with Crippen LogP contribution in [0.25, 0.3) is 11.1 Å². The number of aromatic nitrogens is 2.